The highest BCUT2D eigenvalue weighted by atomic mass is 16.2. The van der Waals surface area contributed by atoms with Crippen LogP contribution in [0.2, 0.25) is 0 Å². The van der Waals surface area contributed by atoms with Crippen LogP contribution >= 0.6 is 0 Å². The van der Waals surface area contributed by atoms with Gasteiger partial charge in [-0.05, 0) is 18.4 Å². The second-order valence-electron chi connectivity index (χ2n) is 3.29. The van der Waals surface area contributed by atoms with E-state index < -0.39 is 0 Å². The molecule has 0 aliphatic rings. The van der Waals surface area contributed by atoms with E-state index in [1.54, 1.807) is 0 Å². The van der Waals surface area contributed by atoms with Crippen molar-refractivity contribution >= 4 is 0 Å². The molecule has 0 aliphatic carbocycles. The van der Waals surface area contributed by atoms with Crippen LogP contribution < -0.4 is 5.73 Å². The number of aliphatic hydroxyl groups is 1. The summed E-state index contributed by atoms with van der Waals surface area (Å²) < 4.78 is 0. The van der Waals surface area contributed by atoms with Crippen LogP contribution in [0.4, 0.5) is 0 Å². The molecule has 0 aromatic heterocycles. The lowest BCUT2D eigenvalue weighted by Gasteiger charge is -2.05. The summed E-state index contributed by atoms with van der Waals surface area (Å²) >= 11 is 0. The molecule has 0 fully saturated rings. The molecule has 2 nitrogen and oxygen atoms in total. The van der Waals surface area contributed by atoms with Gasteiger partial charge in [0.25, 0.3) is 0 Å². The molecule has 14 heavy (non-hydrogen) atoms. The van der Waals surface area contributed by atoms with E-state index in [0.717, 1.165) is 6.42 Å². The fourth-order valence-electron chi connectivity index (χ4n) is 1.30. The van der Waals surface area contributed by atoms with Crippen molar-refractivity contribution in [3.05, 3.63) is 48.0 Å². The van der Waals surface area contributed by atoms with Gasteiger partial charge in [-0.1, -0.05) is 42.5 Å². The lowest BCUT2D eigenvalue weighted by atomic mass is 10.1. The van der Waals surface area contributed by atoms with Gasteiger partial charge in [0.2, 0.25) is 0 Å². The quantitative estimate of drug-likeness (QED) is 0.693. The second kappa shape index (κ2) is 6.35. The molecule has 0 spiro atoms. The van der Waals surface area contributed by atoms with E-state index in [4.69, 9.17) is 10.8 Å². The van der Waals surface area contributed by atoms with E-state index in [1.165, 1.54) is 5.56 Å². The van der Waals surface area contributed by atoms with Crippen LogP contribution in [0.5, 0.6) is 0 Å². The van der Waals surface area contributed by atoms with Crippen molar-refractivity contribution in [1.82, 2.24) is 0 Å². The summed E-state index contributed by atoms with van der Waals surface area (Å²) in [6.07, 6.45) is 5.40. The summed E-state index contributed by atoms with van der Waals surface area (Å²) in [7, 11) is 0. The summed E-state index contributed by atoms with van der Waals surface area (Å²) in [6, 6.07) is 10.2. The third-order valence-corrected chi connectivity index (χ3v) is 1.99. The summed E-state index contributed by atoms with van der Waals surface area (Å²) in [6.45, 7) is 0.189. The molecule has 1 aromatic carbocycles. The highest BCUT2D eigenvalue weighted by Crippen LogP contribution is 2.02. The monoisotopic (exact) mass is 191 g/mol. The first-order chi connectivity index (χ1) is 6.83. The molecule has 2 heteroatoms. The van der Waals surface area contributed by atoms with Crippen molar-refractivity contribution < 1.29 is 5.11 Å². The van der Waals surface area contributed by atoms with Crippen molar-refractivity contribution in [3.63, 3.8) is 0 Å². The Bertz CT molecular complexity index is 269. The normalized spacial score (nSPS) is 13.3. The average Bonchev–Trinajstić information content (AvgIpc) is 2.20. The Morgan fingerprint density at radius 3 is 2.64 bits per heavy atom. The zero-order valence-electron chi connectivity index (χ0n) is 8.26. The van der Waals surface area contributed by atoms with E-state index in [0.29, 0.717) is 6.42 Å². The summed E-state index contributed by atoms with van der Waals surface area (Å²) in [5, 5.41) is 8.58. The van der Waals surface area contributed by atoms with Crippen molar-refractivity contribution in [3.8, 4) is 0 Å². The van der Waals surface area contributed by atoms with Gasteiger partial charge in [-0.25, -0.2) is 0 Å². The zero-order chi connectivity index (χ0) is 10.2. The van der Waals surface area contributed by atoms with Gasteiger partial charge in [-0.15, -0.1) is 0 Å². The van der Waals surface area contributed by atoms with Gasteiger partial charge in [0.15, 0.2) is 0 Å². The Hall–Kier alpha value is -1.12. The molecule has 0 radical (unpaired) electrons. The molecule has 3 N–H and O–H groups in total. The van der Waals surface area contributed by atoms with Crippen LogP contribution in [0.25, 0.3) is 0 Å². The molecular formula is C12H17NO. The first-order valence-electron chi connectivity index (χ1n) is 4.90. The predicted octanol–water partition coefficient (Wildman–Crippen LogP) is 1.50. The van der Waals surface area contributed by atoms with Crippen molar-refractivity contribution in [2.24, 2.45) is 5.73 Å². The van der Waals surface area contributed by atoms with E-state index in [1.807, 2.05) is 30.4 Å². The van der Waals surface area contributed by atoms with E-state index >= 15 is 0 Å². The fraction of sp³-hybridized carbons (Fsp3) is 0.333. The number of aliphatic hydroxyl groups excluding tert-OH is 1. The number of benzene rings is 1. The van der Waals surface area contributed by atoms with Gasteiger partial charge in [0, 0.05) is 12.6 Å². The number of hydrogen-bond donors (Lipinski definition) is 2. The molecule has 0 amide bonds. The number of hydrogen-bond acceptors (Lipinski definition) is 2. The Morgan fingerprint density at radius 2 is 2.00 bits per heavy atom. The van der Waals surface area contributed by atoms with E-state index in [9.17, 15) is 0 Å². The standard InChI is InChI=1S/C12H17NO/c13-12(8-4-5-9-14)10-11-6-2-1-3-7-11/h1-4,6-8,12,14H,5,9-10,13H2/b8-4-. The zero-order valence-corrected chi connectivity index (χ0v) is 8.26. The number of rotatable bonds is 5. The van der Waals surface area contributed by atoms with Crippen molar-refractivity contribution in [2.45, 2.75) is 18.9 Å². The maximum atomic E-state index is 8.58. The minimum absolute atomic E-state index is 0.0453. The molecule has 0 bridgehead atoms. The van der Waals surface area contributed by atoms with Crippen LogP contribution in [-0.4, -0.2) is 17.8 Å². The topological polar surface area (TPSA) is 46.2 Å². The van der Waals surface area contributed by atoms with Gasteiger partial charge in [-0.2, -0.15) is 0 Å². The summed E-state index contributed by atoms with van der Waals surface area (Å²) in [4.78, 5) is 0. The van der Waals surface area contributed by atoms with Crippen LogP contribution in [0.1, 0.15) is 12.0 Å². The molecular weight excluding hydrogens is 174 g/mol. The molecule has 1 rings (SSSR count). The lowest BCUT2D eigenvalue weighted by molar-refractivity contribution is 0.302. The van der Waals surface area contributed by atoms with Crippen molar-refractivity contribution in [2.75, 3.05) is 6.61 Å². The fourth-order valence-corrected chi connectivity index (χ4v) is 1.30. The highest BCUT2D eigenvalue weighted by molar-refractivity contribution is 5.17. The second-order valence-corrected chi connectivity index (χ2v) is 3.29. The summed E-state index contributed by atoms with van der Waals surface area (Å²) in [5.41, 5.74) is 7.12. The van der Waals surface area contributed by atoms with Gasteiger partial charge in [-0.3, -0.25) is 0 Å². The van der Waals surface area contributed by atoms with E-state index in [-0.39, 0.29) is 12.6 Å². The molecule has 0 saturated carbocycles. The third kappa shape index (κ3) is 4.21. The molecule has 1 aromatic rings. The molecule has 0 saturated heterocycles. The molecule has 1 atom stereocenters. The predicted molar refractivity (Wildman–Crippen MR) is 59.0 cm³/mol. The minimum Gasteiger partial charge on any atom is -0.396 e. The number of nitrogens with two attached hydrogens (primary N) is 1. The van der Waals surface area contributed by atoms with Gasteiger partial charge >= 0.3 is 0 Å². The first kappa shape index (κ1) is 11.0. The van der Waals surface area contributed by atoms with Gasteiger partial charge < -0.3 is 10.8 Å². The van der Waals surface area contributed by atoms with Gasteiger partial charge in [0.1, 0.15) is 0 Å². The Balaban J connectivity index is 2.37. The van der Waals surface area contributed by atoms with Crippen LogP contribution in [-0.2, 0) is 6.42 Å². The smallest absolute Gasteiger partial charge is 0.0465 e. The molecule has 1 unspecified atom stereocenters. The molecule has 0 aliphatic heterocycles. The Labute approximate surface area is 85.1 Å². The summed E-state index contributed by atoms with van der Waals surface area (Å²) in [5.74, 6) is 0. The minimum atomic E-state index is 0.0453. The van der Waals surface area contributed by atoms with Crippen LogP contribution in [0, 0.1) is 0 Å². The maximum absolute atomic E-state index is 8.58. The van der Waals surface area contributed by atoms with Gasteiger partial charge in [0.05, 0.1) is 0 Å². The lowest BCUT2D eigenvalue weighted by Crippen LogP contribution is -2.19. The molecule has 76 valence electrons. The van der Waals surface area contributed by atoms with E-state index in [2.05, 4.69) is 12.1 Å². The molecule has 0 heterocycles. The third-order valence-electron chi connectivity index (χ3n) is 1.99. The highest BCUT2D eigenvalue weighted by Gasteiger charge is 1.98. The van der Waals surface area contributed by atoms with Crippen LogP contribution in [0.15, 0.2) is 42.5 Å². The average molecular weight is 191 g/mol. The van der Waals surface area contributed by atoms with Crippen LogP contribution in [0.3, 0.4) is 0 Å². The first-order valence-corrected chi connectivity index (χ1v) is 4.90. The maximum Gasteiger partial charge on any atom is 0.0465 e. The Kier molecular flexibility index (Phi) is 4.97. The SMILES string of the molecule is NC(/C=C\CCO)Cc1ccccc1. The van der Waals surface area contributed by atoms with Crippen molar-refractivity contribution in [1.29, 1.82) is 0 Å². The largest absolute Gasteiger partial charge is 0.396 e. The Morgan fingerprint density at radius 1 is 1.29 bits per heavy atom.